The van der Waals surface area contributed by atoms with Gasteiger partial charge in [-0.05, 0) is 63.9 Å². The number of fused-ring (bicyclic) bond motifs is 1. The molecule has 4 aromatic rings. The summed E-state index contributed by atoms with van der Waals surface area (Å²) in [6.07, 6.45) is 1.55. The van der Waals surface area contributed by atoms with Crippen LogP contribution in [-0.2, 0) is 4.79 Å². The molecule has 2 amide bonds. The van der Waals surface area contributed by atoms with E-state index in [4.69, 9.17) is 0 Å². The molecule has 1 atom stereocenters. The number of carbonyl (C=O) groups is 2. The fourth-order valence-corrected chi connectivity index (χ4v) is 4.75. The van der Waals surface area contributed by atoms with E-state index in [-0.39, 0.29) is 11.8 Å². The Labute approximate surface area is 222 Å². The second-order valence-corrected chi connectivity index (χ2v) is 9.92. The molecule has 3 N–H and O–H groups in total. The molecule has 1 unspecified atom stereocenters. The molecule has 1 aromatic heterocycles. The van der Waals surface area contributed by atoms with Crippen molar-refractivity contribution < 1.29 is 9.59 Å². The maximum Gasteiger partial charge on any atom is 0.261 e. The first-order chi connectivity index (χ1) is 18.2. The van der Waals surface area contributed by atoms with Gasteiger partial charge in [-0.15, -0.1) is 0 Å². The molecule has 192 valence electrons. The lowest BCUT2D eigenvalue weighted by molar-refractivity contribution is -0.113. The van der Waals surface area contributed by atoms with E-state index in [1.807, 2.05) is 101 Å². The molecule has 0 bridgehead atoms. The van der Waals surface area contributed by atoms with E-state index in [2.05, 4.69) is 21.0 Å². The number of aryl methyl sites for hydroxylation is 4. The predicted molar refractivity (Wildman–Crippen MR) is 152 cm³/mol. The van der Waals surface area contributed by atoms with Crippen LogP contribution in [0.15, 0.2) is 84.2 Å². The quantitative estimate of drug-likeness (QED) is 0.297. The van der Waals surface area contributed by atoms with Gasteiger partial charge in [-0.2, -0.15) is 5.10 Å². The number of aromatic nitrogens is 2. The molecular formula is C31H31N5O2. The number of rotatable bonds is 5. The fraction of sp³-hybridized carbons (Fsp3) is 0.194. The lowest BCUT2D eigenvalue weighted by Gasteiger charge is -2.30. The molecule has 7 heteroatoms. The summed E-state index contributed by atoms with van der Waals surface area (Å²) < 4.78 is 1.72. The van der Waals surface area contributed by atoms with Crippen LogP contribution in [-0.4, -0.2) is 21.6 Å². The highest BCUT2D eigenvalue weighted by atomic mass is 16.2. The summed E-state index contributed by atoms with van der Waals surface area (Å²) >= 11 is 0. The van der Waals surface area contributed by atoms with Crippen molar-refractivity contribution in [1.29, 1.82) is 0 Å². The maximum atomic E-state index is 13.8. The Balaban J connectivity index is 1.53. The van der Waals surface area contributed by atoms with Crippen molar-refractivity contribution >= 4 is 29.0 Å². The first-order valence-corrected chi connectivity index (χ1v) is 12.6. The van der Waals surface area contributed by atoms with E-state index >= 15 is 0 Å². The van der Waals surface area contributed by atoms with Crippen molar-refractivity contribution in [3.8, 4) is 0 Å². The van der Waals surface area contributed by atoms with E-state index in [1.165, 1.54) is 0 Å². The van der Waals surface area contributed by atoms with Crippen molar-refractivity contribution in [2.24, 2.45) is 0 Å². The van der Waals surface area contributed by atoms with Crippen LogP contribution in [0.2, 0.25) is 0 Å². The third kappa shape index (κ3) is 4.83. The first-order valence-electron chi connectivity index (χ1n) is 12.6. The number of carbonyl (C=O) groups excluding carboxylic acids is 2. The van der Waals surface area contributed by atoms with Crippen LogP contribution in [0, 0.1) is 27.7 Å². The van der Waals surface area contributed by atoms with Crippen molar-refractivity contribution in [3.63, 3.8) is 0 Å². The predicted octanol–water partition coefficient (Wildman–Crippen LogP) is 6.30. The number of nitrogens with one attached hydrogen (secondary N) is 3. The van der Waals surface area contributed by atoms with Gasteiger partial charge in [-0.25, -0.2) is 4.68 Å². The normalized spacial score (nSPS) is 14.5. The molecule has 38 heavy (non-hydrogen) atoms. The molecule has 0 spiro atoms. The molecule has 0 fully saturated rings. The lowest BCUT2D eigenvalue weighted by atomic mass is 9.93. The van der Waals surface area contributed by atoms with Crippen molar-refractivity contribution in [1.82, 2.24) is 9.78 Å². The van der Waals surface area contributed by atoms with Gasteiger partial charge in [0.1, 0.15) is 17.4 Å². The highest BCUT2D eigenvalue weighted by molar-refractivity contribution is 6.09. The summed E-state index contributed by atoms with van der Waals surface area (Å²) in [4.78, 5) is 27.0. The van der Waals surface area contributed by atoms with Gasteiger partial charge in [-0.1, -0.05) is 65.2 Å². The molecule has 7 nitrogen and oxygen atoms in total. The molecular weight excluding hydrogens is 474 g/mol. The van der Waals surface area contributed by atoms with Crippen LogP contribution < -0.4 is 16.0 Å². The average Bonchev–Trinajstić information content (AvgIpc) is 3.30. The van der Waals surface area contributed by atoms with Gasteiger partial charge >= 0.3 is 0 Å². The van der Waals surface area contributed by atoms with E-state index in [0.29, 0.717) is 28.3 Å². The van der Waals surface area contributed by atoms with E-state index in [0.717, 1.165) is 33.5 Å². The topological polar surface area (TPSA) is 88.0 Å². The van der Waals surface area contributed by atoms with Gasteiger partial charge < -0.3 is 16.0 Å². The first kappa shape index (κ1) is 25.0. The summed E-state index contributed by atoms with van der Waals surface area (Å²) in [5.74, 6) is 0.0429. The van der Waals surface area contributed by atoms with E-state index in [9.17, 15) is 9.59 Å². The Morgan fingerprint density at radius 1 is 0.789 bits per heavy atom. The minimum atomic E-state index is -0.515. The third-order valence-electron chi connectivity index (χ3n) is 6.85. The van der Waals surface area contributed by atoms with E-state index < -0.39 is 6.04 Å². The maximum absolute atomic E-state index is 13.8. The SMILES string of the molecule is CC1=C(C(=O)Nc2ccc(C)cc2C)C(c2ccc(C)cc2)n2ncc(C(=O)Nc3ccc(C)cc3)c2N1. The van der Waals surface area contributed by atoms with Crippen molar-refractivity contribution in [2.75, 3.05) is 16.0 Å². The van der Waals surface area contributed by atoms with Crippen LogP contribution in [0.3, 0.4) is 0 Å². The second kappa shape index (κ2) is 10.0. The van der Waals surface area contributed by atoms with Crippen LogP contribution in [0.5, 0.6) is 0 Å². The number of hydrogen-bond donors (Lipinski definition) is 3. The number of benzene rings is 3. The van der Waals surface area contributed by atoms with Gasteiger partial charge in [0.05, 0.1) is 11.8 Å². The Morgan fingerprint density at radius 3 is 2.08 bits per heavy atom. The largest absolute Gasteiger partial charge is 0.343 e. The van der Waals surface area contributed by atoms with Gasteiger partial charge in [0, 0.05) is 17.1 Å². The number of allylic oxidation sites excluding steroid dienone is 1. The molecule has 0 saturated heterocycles. The van der Waals surface area contributed by atoms with Crippen LogP contribution in [0.1, 0.15) is 51.1 Å². The third-order valence-corrected chi connectivity index (χ3v) is 6.85. The molecule has 1 aliphatic heterocycles. The molecule has 0 radical (unpaired) electrons. The standard InChI is InChI=1S/C31H31N5O2/c1-18-6-11-23(12-7-18)28-27(31(38)35-26-15-10-20(3)16-21(26)4)22(5)33-29-25(17-32-36(28)29)30(37)34-24-13-8-19(2)9-14-24/h6-17,28,33H,1-5H3,(H,34,37)(H,35,38). The molecule has 0 saturated carbocycles. The zero-order valence-electron chi connectivity index (χ0n) is 22.2. The molecule has 1 aliphatic rings. The lowest BCUT2D eigenvalue weighted by Crippen LogP contribution is -2.32. The monoisotopic (exact) mass is 505 g/mol. The van der Waals surface area contributed by atoms with Crippen molar-refractivity contribution in [3.05, 3.63) is 118 Å². The zero-order valence-corrected chi connectivity index (χ0v) is 22.2. The minimum Gasteiger partial charge on any atom is -0.343 e. The minimum absolute atomic E-state index is 0.223. The van der Waals surface area contributed by atoms with Gasteiger partial charge in [0.2, 0.25) is 0 Å². The zero-order chi connectivity index (χ0) is 27.0. The highest BCUT2D eigenvalue weighted by Crippen LogP contribution is 2.38. The summed E-state index contributed by atoms with van der Waals surface area (Å²) in [7, 11) is 0. The summed E-state index contributed by atoms with van der Waals surface area (Å²) in [5.41, 5.74) is 8.30. The second-order valence-electron chi connectivity index (χ2n) is 9.92. The van der Waals surface area contributed by atoms with Gasteiger partial charge in [-0.3, -0.25) is 9.59 Å². The number of nitrogens with zero attached hydrogens (tertiary/aromatic N) is 2. The smallest absolute Gasteiger partial charge is 0.261 e. The Kier molecular flexibility index (Phi) is 6.59. The summed E-state index contributed by atoms with van der Waals surface area (Å²) in [6.45, 7) is 9.88. The molecule has 3 aromatic carbocycles. The Hall–Kier alpha value is -4.65. The number of anilines is 3. The van der Waals surface area contributed by atoms with Gasteiger partial charge in [0.25, 0.3) is 11.8 Å². The Bertz CT molecular complexity index is 1560. The van der Waals surface area contributed by atoms with Crippen LogP contribution in [0.4, 0.5) is 17.2 Å². The van der Waals surface area contributed by atoms with Crippen LogP contribution >= 0.6 is 0 Å². The molecule has 0 aliphatic carbocycles. The highest BCUT2D eigenvalue weighted by Gasteiger charge is 2.35. The summed E-state index contributed by atoms with van der Waals surface area (Å²) in [6, 6.07) is 21.1. The number of hydrogen-bond acceptors (Lipinski definition) is 4. The molecule has 2 heterocycles. The van der Waals surface area contributed by atoms with Crippen LogP contribution in [0.25, 0.3) is 0 Å². The van der Waals surface area contributed by atoms with E-state index in [1.54, 1.807) is 10.9 Å². The fourth-order valence-electron chi connectivity index (χ4n) is 4.75. The van der Waals surface area contributed by atoms with Crippen molar-refractivity contribution in [2.45, 2.75) is 40.7 Å². The summed E-state index contributed by atoms with van der Waals surface area (Å²) in [5, 5.41) is 13.9. The number of amides is 2. The average molecular weight is 506 g/mol. The van der Waals surface area contributed by atoms with Gasteiger partial charge in [0.15, 0.2) is 0 Å². The Morgan fingerprint density at radius 2 is 1.42 bits per heavy atom. The molecule has 5 rings (SSSR count).